The minimum absolute atomic E-state index is 0.524. The molecule has 0 saturated heterocycles. The van der Waals surface area contributed by atoms with Gasteiger partial charge in [-0.05, 0) is 55.7 Å². The third-order valence-corrected chi connectivity index (χ3v) is 3.02. The van der Waals surface area contributed by atoms with Crippen LogP contribution in [0, 0.1) is 13.8 Å². The number of para-hydroxylation sites is 1. The van der Waals surface area contributed by atoms with Crippen molar-refractivity contribution in [3.05, 3.63) is 71.3 Å². The molecule has 0 unspecified atom stereocenters. The Kier molecular flexibility index (Phi) is 4.94. The van der Waals surface area contributed by atoms with Crippen LogP contribution in [0.1, 0.15) is 23.6 Å². The van der Waals surface area contributed by atoms with Gasteiger partial charge in [0, 0.05) is 11.8 Å². The lowest BCUT2D eigenvalue weighted by Gasteiger charge is -2.13. The number of rotatable bonds is 5. The first kappa shape index (κ1) is 15.0. The lowest BCUT2D eigenvalue weighted by molar-refractivity contribution is 0.349. The first-order chi connectivity index (χ1) is 10.1. The van der Waals surface area contributed by atoms with Gasteiger partial charge in [-0.3, -0.25) is 4.99 Å². The predicted molar refractivity (Wildman–Crippen MR) is 89.9 cm³/mol. The molecule has 108 valence electrons. The van der Waals surface area contributed by atoms with Crippen LogP contribution in [-0.4, -0.2) is 12.8 Å². The van der Waals surface area contributed by atoms with Crippen molar-refractivity contribution in [2.45, 2.75) is 20.8 Å². The van der Waals surface area contributed by atoms with Crippen molar-refractivity contribution in [2.24, 2.45) is 4.99 Å². The largest absolute Gasteiger partial charge is 0.488 e. The summed E-state index contributed by atoms with van der Waals surface area (Å²) in [5.41, 5.74) is 5.25. The average Bonchev–Trinajstić information content (AvgIpc) is 2.44. The molecule has 0 radical (unpaired) electrons. The zero-order chi connectivity index (χ0) is 15.2. The summed E-state index contributed by atoms with van der Waals surface area (Å²) in [7, 11) is 0. The summed E-state index contributed by atoms with van der Waals surface area (Å²) in [5.74, 6) is 0.878. The Bertz CT molecular complexity index is 657. The highest BCUT2D eigenvalue weighted by Gasteiger charge is 2.07. The highest BCUT2D eigenvalue weighted by Crippen LogP contribution is 2.25. The summed E-state index contributed by atoms with van der Waals surface area (Å²) >= 11 is 0. The summed E-state index contributed by atoms with van der Waals surface area (Å²) in [6.07, 6.45) is 1.86. The van der Waals surface area contributed by atoms with Crippen LogP contribution in [0.2, 0.25) is 0 Å². The minimum Gasteiger partial charge on any atom is -0.488 e. The van der Waals surface area contributed by atoms with Crippen molar-refractivity contribution in [1.29, 1.82) is 0 Å². The van der Waals surface area contributed by atoms with Crippen LogP contribution >= 0.6 is 0 Å². The van der Waals surface area contributed by atoms with Crippen LogP contribution in [0.4, 0.5) is 5.69 Å². The molecule has 0 aliphatic carbocycles. The third-order valence-electron chi connectivity index (χ3n) is 3.02. The van der Waals surface area contributed by atoms with E-state index < -0.39 is 0 Å². The molecule has 0 amide bonds. The van der Waals surface area contributed by atoms with E-state index in [1.54, 1.807) is 0 Å². The van der Waals surface area contributed by atoms with Gasteiger partial charge in [-0.1, -0.05) is 30.8 Å². The van der Waals surface area contributed by atoms with E-state index in [0.717, 1.165) is 28.1 Å². The number of aliphatic imine (C=N–C) groups is 1. The molecule has 2 rings (SSSR count). The molecule has 2 aromatic rings. The average molecular weight is 279 g/mol. The molecule has 0 N–H and O–H groups in total. The Labute approximate surface area is 126 Å². The monoisotopic (exact) mass is 279 g/mol. The Hall–Kier alpha value is -2.35. The molecular formula is C19H21NO. The zero-order valence-electron chi connectivity index (χ0n) is 12.9. The Balaban J connectivity index is 2.32. The second kappa shape index (κ2) is 6.89. The van der Waals surface area contributed by atoms with Gasteiger partial charge in [0.2, 0.25) is 0 Å². The number of aryl methyl sites for hydroxylation is 2. The van der Waals surface area contributed by atoms with Crippen molar-refractivity contribution in [1.82, 2.24) is 0 Å². The topological polar surface area (TPSA) is 21.6 Å². The molecule has 2 aromatic carbocycles. The smallest absolute Gasteiger partial charge is 0.131 e. The van der Waals surface area contributed by atoms with Crippen molar-refractivity contribution < 1.29 is 4.74 Å². The normalized spacial score (nSPS) is 10.8. The van der Waals surface area contributed by atoms with Crippen molar-refractivity contribution in [2.75, 3.05) is 6.61 Å². The van der Waals surface area contributed by atoms with E-state index in [9.17, 15) is 0 Å². The Morgan fingerprint density at radius 3 is 2.57 bits per heavy atom. The molecule has 2 heteroatoms. The maximum absolute atomic E-state index is 5.88. The highest BCUT2D eigenvalue weighted by molar-refractivity contribution is 5.86. The number of hydrogen-bond donors (Lipinski definition) is 0. The van der Waals surface area contributed by atoms with Gasteiger partial charge in [0.1, 0.15) is 12.4 Å². The Morgan fingerprint density at radius 2 is 1.90 bits per heavy atom. The van der Waals surface area contributed by atoms with Crippen LogP contribution in [0.25, 0.3) is 0 Å². The van der Waals surface area contributed by atoms with E-state index in [1.807, 2.05) is 43.5 Å². The van der Waals surface area contributed by atoms with Gasteiger partial charge in [0.25, 0.3) is 0 Å². The molecule has 0 saturated carbocycles. The fourth-order valence-corrected chi connectivity index (χ4v) is 2.13. The lowest BCUT2D eigenvalue weighted by Crippen LogP contribution is -2.03. The highest BCUT2D eigenvalue weighted by atomic mass is 16.5. The molecule has 0 atom stereocenters. The molecular weight excluding hydrogens is 258 g/mol. The van der Waals surface area contributed by atoms with Crippen LogP contribution in [0.3, 0.4) is 0 Å². The summed E-state index contributed by atoms with van der Waals surface area (Å²) < 4.78 is 5.88. The Morgan fingerprint density at radius 1 is 1.19 bits per heavy atom. The third kappa shape index (κ3) is 4.32. The van der Waals surface area contributed by atoms with Crippen molar-refractivity contribution >= 4 is 11.9 Å². The SMILES string of the molecule is C=C(C)COc1c(C)cc(C)cc1C=Nc1ccccc1. The molecule has 0 bridgehead atoms. The fourth-order valence-electron chi connectivity index (χ4n) is 2.13. The fraction of sp³-hybridized carbons (Fsp3) is 0.211. The first-order valence-corrected chi connectivity index (χ1v) is 7.04. The summed E-state index contributed by atoms with van der Waals surface area (Å²) in [6.45, 7) is 10.5. The van der Waals surface area contributed by atoms with Gasteiger partial charge in [0.15, 0.2) is 0 Å². The van der Waals surface area contributed by atoms with Crippen LogP contribution in [-0.2, 0) is 0 Å². The van der Waals surface area contributed by atoms with Crippen molar-refractivity contribution in [3.63, 3.8) is 0 Å². The van der Waals surface area contributed by atoms with Gasteiger partial charge in [-0.25, -0.2) is 0 Å². The molecule has 21 heavy (non-hydrogen) atoms. The van der Waals surface area contributed by atoms with Gasteiger partial charge >= 0.3 is 0 Å². The molecule has 0 fully saturated rings. The van der Waals surface area contributed by atoms with Gasteiger partial charge in [-0.15, -0.1) is 0 Å². The van der Waals surface area contributed by atoms with Gasteiger partial charge < -0.3 is 4.74 Å². The van der Waals surface area contributed by atoms with E-state index in [0.29, 0.717) is 6.61 Å². The van der Waals surface area contributed by atoms with Gasteiger partial charge in [0.05, 0.1) is 5.69 Å². The zero-order valence-corrected chi connectivity index (χ0v) is 12.9. The molecule has 2 nitrogen and oxygen atoms in total. The second-order valence-electron chi connectivity index (χ2n) is 5.34. The van der Waals surface area contributed by atoms with E-state index in [4.69, 9.17) is 4.74 Å². The van der Waals surface area contributed by atoms with E-state index in [-0.39, 0.29) is 0 Å². The molecule has 0 aliphatic rings. The van der Waals surface area contributed by atoms with Crippen LogP contribution in [0.15, 0.2) is 59.6 Å². The van der Waals surface area contributed by atoms with E-state index >= 15 is 0 Å². The molecule has 0 spiro atoms. The standard InChI is InChI=1S/C19H21NO/c1-14(2)13-21-19-16(4)10-15(3)11-17(19)12-20-18-8-6-5-7-9-18/h5-12H,1,13H2,2-4H3. The number of hydrogen-bond acceptors (Lipinski definition) is 2. The minimum atomic E-state index is 0.524. The van der Waals surface area contributed by atoms with Crippen molar-refractivity contribution in [3.8, 4) is 5.75 Å². The van der Waals surface area contributed by atoms with Crippen LogP contribution in [0.5, 0.6) is 5.75 Å². The quantitative estimate of drug-likeness (QED) is 0.557. The molecule has 0 aliphatic heterocycles. The lowest BCUT2D eigenvalue weighted by atomic mass is 10.1. The number of benzene rings is 2. The van der Waals surface area contributed by atoms with E-state index in [2.05, 4.69) is 37.6 Å². The summed E-state index contributed by atoms with van der Waals surface area (Å²) in [4.78, 5) is 4.52. The summed E-state index contributed by atoms with van der Waals surface area (Å²) in [6, 6.07) is 14.1. The van der Waals surface area contributed by atoms with Gasteiger partial charge in [-0.2, -0.15) is 0 Å². The van der Waals surface area contributed by atoms with Crippen LogP contribution < -0.4 is 4.74 Å². The first-order valence-electron chi connectivity index (χ1n) is 7.04. The maximum Gasteiger partial charge on any atom is 0.131 e. The molecule has 0 heterocycles. The maximum atomic E-state index is 5.88. The number of ether oxygens (including phenoxy) is 1. The number of nitrogens with zero attached hydrogens (tertiary/aromatic N) is 1. The summed E-state index contributed by atoms with van der Waals surface area (Å²) in [5, 5.41) is 0. The second-order valence-corrected chi connectivity index (χ2v) is 5.34. The molecule has 0 aromatic heterocycles. The van der Waals surface area contributed by atoms with E-state index in [1.165, 1.54) is 5.56 Å². The predicted octanol–water partition coefficient (Wildman–Crippen LogP) is 5.01.